The number of unbranched alkanes of at least 4 members (excludes halogenated alkanes) is 30. The molecule has 0 aliphatic carbocycles. The van der Waals surface area contributed by atoms with Crippen molar-refractivity contribution in [1.29, 1.82) is 0 Å². The van der Waals surface area contributed by atoms with Crippen molar-refractivity contribution < 1.29 is 28.6 Å². The SMILES string of the molecule is CC/C=C\C/C=C\C/C=C\C/C=C\C/C=C\C/C=C\CCCCC(=O)OC(COC(=O)CCCCCCCCC/C=C\C/C=C\C/C=C\CC)COC(=O)CCCCCCCCCCCCCCC/C=C\CCCCCCCCCC. The van der Waals surface area contributed by atoms with E-state index >= 15 is 0 Å². The second-order valence-corrected chi connectivity index (χ2v) is 22.3. The zero-order valence-corrected chi connectivity index (χ0v) is 53.0. The van der Waals surface area contributed by atoms with Crippen LogP contribution >= 0.6 is 0 Å². The number of carbonyl (C=O) groups excluding carboxylic acids is 3. The zero-order chi connectivity index (χ0) is 58.5. The van der Waals surface area contributed by atoms with Crippen molar-refractivity contribution in [3.8, 4) is 0 Å². The summed E-state index contributed by atoms with van der Waals surface area (Å²) in [5.41, 5.74) is 0. The van der Waals surface area contributed by atoms with Crippen LogP contribution in [0.4, 0.5) is 0 Å². The fourth-order valence-electron chi connectivity index (χ4n) is 9.40. The number of carbonyl (C=O) groups is 3. The van der Waals surface area contributed by atoms with Crippen molar-refractivity contribution in [1.82, 2.24) is 0 Å². The van der Waals surface area contributed by atoms with Crippen molar-refractivity contribution in [3.05, 3.63) is 122 Å². The Balaban J connectivity index is 4.43. The highest BCUT2D eigenvalue weighted by molar-refractivity contribution is 5.71. The molecule has 1 atom stereocenters. The number of esters is 3. The van der Waals surface area contributed by atoms with Gasteiger partial charge in [0, 0.05) is 19.3 Å². The van der Waals surface area contributed by atoms with Gasteiger partial charge in [-0.25, -0.2) is 0 Å². The standard InChI is InChI=1S/C75H126O6/c1-4-7-10-13-16-19-22-25-28-31-33-35-36-37-38-40-41-44-47-50-53-56-59-62-65-68-74(77)80-71-72(70-79-73(76)67-64-61-58-55-52-49-46-43-30-27-24-21-18-15-12-9-6-3)81-75(78)69-66-63-60-57-54-51-48-45-42-39-34-32-29-26-23-20-17-14-11-8-5-2/h8-9,11-12,17-18,20-21,26-27,29-31,33-34,39,45,48,54,57,72H,4-7,10,13-16,19,22-25,28,32,35-38,40-44,46-47,49-53,55-56,58-71H2,1-3H3/b11-8-,12-9-,20-17-,21-18-,29-26-,30-27-,33-31-,39-34-,48-45-,57-54-. The highest BCUT2D eigenvalue weighted by atomic mass is 16.6. The minimum Gasteiger partial charge on any atom is -0.462 e. The molecule has 81 heavy (non-hydrogen) atoms. The van der Waals surface area contributed by atoms with Crippen molar-refractivity contribution in [3.63, 3.8) is 0 Å². The molecule has 0 aliphatic rings. The number of hydrogen-bond donors (Lipinski definition) is 0. The maximum Gasteiger partial charge on any atom is 0.306 e. The molecule has 0 aromatic heterocycles. The average Bonchev–Trinajstić information content (AvgIpc) is 3.47. The Morgan fingerprint density at radius 3 is 0.790 bits per heavy atom. The van der Waals surface area contributed by atoms with Gasteiger partial charge in [0.15, 0.2) is 6.10 Å². The molecule has 0 aromatic rings. The summed E-state index contributed by atoms with van der Waals surface area (Å²) in [6, 6.07) is 0. The van der Waals surface area contributed by atoms with E-state index in [0.717, 1.165) is 116 Å². The molecule has 462 valence electrons. The smallest absolute Gasteiger partial charge is 0.306 e. The van der Waals surface area contributed by atoms with Crippen LogP contribution in [0.15, 0.2) is 122 Å². The third kappa shape index (κ3) is 66.5. The first-order valence-electron chi connectivity index (χ1n) is 34.0. The van der Waals surface area contributed by atoms with E-state index in [9.17, 15) is 14.4 Å². The Kier molecular flexibility index (Phi) is 64.8. The minimum atomic E-state index is -0.811. The highest BCUT2D eigenvalue weighted by Gasteiger charge is 2.19. The van der Waals surface area contributed by atoms with E-state index in [1.54, 1.807) is 0 Å². The van der Waals surface area contributed by atoms with Crippen LogP contribution in [0.3, 0.4) is 0 Å². The van der Waals surface area contributed by atoms with Crippen molar-refractivity contribution in [2.24, 2.45) is 0 Å². The van der Waals surface area contributed by atoms with Gasteiger partial charge in [0.2, 0.25) is 0 Å². The van der Waals surface area contributed by atoms with E-state index in [1.165, 1.54) is 154 Å². The summed E-state index contributed by atoms with van der Waals surface area (Å²) < 4.78 is 16.9. The van der Waals surface area contributed by atoms with Gasteiger partial charge in [0.25, 0.3) is 0 Å². The molecule has 0 saturated heterocycles. The third-order valence-electron chi connectivity index (χ3n) is 14.4. The average molecular weight is 1120 g/mol. The zero-order valence-electron chi connectivity index (χ0n) is 53.0. The molecule has 6 nitrogen and oxygen atoms in total. The molecule has 0 rings (SSSR count). The summed E-state index contributed by atoms with van der Waals surface area (Å²) in [6.07, 6.45) is 95.0. The van der Waals surface area contributed by atoms with E-state index in [0.29, 0.717) is 19.3 Å². The molecule has 0 fully saturated rings. The number of hydrogen-bond acceptors (Lipinski definition) is 6. The van der Waals surface area contributed by atoms with E-state index in [1.807, 2.05) is 0 Å². The Morgan fingerprint density at radius 1 is 0.259 bits per heavy atom. The van der Waals surface area contributed by atoms with Crippen molar-refractivity contribution >= 4 is 17.9 Å². The van der Waals surface area contributed by atoms with Gasteiger partial charge in [0.05, 0.1) is 0 Å². The lowest BCUT2D eigenvalue weighted by Gasteiger charge is -2.18. The monoisotopic (exact) mass is 1120 g/mol. The molecule has 0 N–H and O–H groups in total. The van der Waals surface area contributed by atoms with Gasteiger partial charge in [0.1, 0.15) is 13.2 Å². The third-order valence-corrected chi connectivity index (χ3v) is 14.4. The maximum atomic E-state index is 12.9. The van der Waals surface area contributed by atoms with E-state index < -0.39 is 6.10 Å². The first kappa shape index (κ1) is 76.8. The second-order valence-electron chi connectivity index (χ2n) is 22.3. The van der Waals surface area contributed by atoms with Crippen LogP contribution in [0, 0.1) is 0 Å². The van der Waals surface area contributed by atoms with Gasteiger partial charge in [-0.15, -0.1) is 0 Å². The largest absolute Gasteiger partial charge is 0.462 e. The van der Waals surface area contributed by atoms with Crippen LogP contribution in [-0.2, 0) is 28.6 Å². The highest BCUT2D eigenvalue weighted by Crippen LogP contribution is 2.16. The van der Waals surface area contributed by atoms with Crippen LogP contribution in [0.5, 0.6) is 0 Å². The molecule has 0 aromatic carbocycles. The van der Waals surface area contributed by atoms with Crippen LogP contribution in [-0.4, -0.2) is 37.2 Å². The van der Waals surface area contributed by atoms with Crippen LogP contribution in [0.2, 0.25) is 0 Å². The minimum absolute atomic E-state index is 0.100. The molecule has 0 saturated carbocycles. The number of allylic oxidation sites excluding steroid dienone is 20. The van der Waals surface area contributed by atoms with Gasteiger partial charge in [-0.3, -0.25) is 14.4 Å². The topological polar surface area (TPSA) is 78.9 Å². The van der Waals surface area contributed by atoms with E-state index in [4.69, 9.17) is 14.2 Å². The molecule has 0 spiro atoms. The summed E-state index contributed by atoms with van der Waals surface area (Å²) in [4.78, 5) is 38.4. The molecule has 0 aliphatic heterocycles. The number of rotatable bonds is 61. The fraction of sp³-hybridized carbons (Fsp3) is 0.693. The van der Waals surface area contributed by atoms with Crippen molar-refractivity contribution in [2.75, 3.05) is 13.2 Å². The van der Waals surface area contributed by atoms with Gasteiger partial charge < -0.3 is 14.2 Å². The quantitative estimate of drug-likeness (QED) is 0.0261. The first-order chi connectivity index (χ1) is 40.0. The lowest BCUT2D eigenvalue weighted by Crippen LogP contribution is -2.30. The summed E-state index contributed by atoms with van der Waals surface area (Å²) >= 11 is 0. The lowest BCUT2D eigenvalue weighted by atomic mass is 10.0. The molecule has 6 heteroatoms. The molecule has 0 amide bonds. The molecular weight excluding hydrogens is 997 g/mol. The molecule has 0 heterocycles. The predicted octanol–water partition coefficient (Wildman–Crippen LogP) is 23.6. The maximum absolute atomic E-state index is 12.9. The van der Waals surface area contributed by atoms with Crippen molar-refractivity contribution in [2.45, 2.75) is 322 Å². The van der Waals surface area contributed by atoms with Gasteiger partial charge in [-0.1, -0.05) is 290 Å². The lowest BCUT2D eigenvalue weighted by molar-refractivity contribution is -0.167. The molecule has 1 unspecified atom stereocenters. The second kappa shape index (κ2) is 68.3. The predicted molar refractivity (Wildman–Crippen MR) is 353 cm³/mol. The van der Waals surface area contributed by atoms with Gasteiger partial charge >= 0.3 is 17.9 Å². The van der Waals surface area contributed by atoms with Gasteiger partial charge in [-0.2, -0.15) is 0 Å². The van der Waals surface area contributed by atoms with Crippen LogP contribution in [0.1, 0.15) is 316 Å². The molecule has 0 radical (unpaired) electrons. The van der Waals surface area contributed by atoms with E-state index in [-0.39, 0.29) is 37.5 Å². The normalized spacial score (nSPS) is 12.9. The Morgan fingerprint density at radius 2 is 0.481 bits per heavy atom. The Bertz CT molecular complexity index is 1670. The Labute approximate surface area is 501 Å². The summed E-state index contributed by atoms with van der Waals surface area (Å²) in [5, 5.41) is 0. The summed E-state index contributed by atoms with van der Waals surface area (Å²) in [7, 11) is 0. The molecular formula is C75H126O6. The van der Waals surface area contributed by atoms with Gasteiger partial charge in [-0.05, 0) is 128 Å². The fourth-order valence-corrected chi connectivity index (χ4v) is 9.40. The van der Waals surface area contributed by atoms with E-state index in [2.05, 4.69) is 142 Å². The number of ether oxygens (including phenoxy) is 3. The molecule has 0 bridgehead atoms. The first-order valence-corrected chi connectivity index (χ1v) is 34.0. The Hall–Kier alpha value is -4.19. The van der Waals surface area contributed by atoms with Crippen LogP contribution < -0.4 is 0 Å². The summed E-state index contributed by atoms with van der Waals surface area (Å²) in [6.45, 7) is 6.40. The van der Waals surface area contributed by atoms with Crippen LogP contribution in [0.25, 0.3) is 0 Å². The summed E-state index contributed by atoms with van der Waals surface area (Å²) in [5.74, 6) is -0.946.